The van der Waals surface area contributed by atoms with Crippen LogP contribution in [0.1, 0.15) is 37.6 Å². The Balaban J connectivity index is 2.05. The van der Waals surface area contributed by atoms with E-state index < -0.39 is 0 Å². The molecule has 1 aliphatic rings. The van der Waals surface area contributed by atoms with Gasteiger partial charge in [0.1, 0.15) is 0 Å². The van der Waals surface area contributed by atoms with Crippen molar-refractivity contribution in [2.45, 2.75) is 32.7 Å². The molecule has 2 N–H and O–H groups in total. The van der Waals surface area contributed by atoms with E-state index in [1.807, 2.05) is 5.38 Å². The van der Waals surface area contributed by atoms with E-state index in [4.69, 9.17) is 17.3 Å². The fourth-order valence-corrected chi connectivity index (χ4v) is 3.62. The number of hydrogen-bond donors (Lipinski definition) is 1. The lowest BCUT2D eigenvalue weighted by molar-refractivity contribution is 0.0977. The van der Waals surface area contributed by atoms with Gasteiger partial charge in [0.25, 0.3) is 0 Å². The molecule has 0 aliphatic carbocycles. The lowest BCUT2D eigenvalue weighted by Crippen LogP contribution is -2.41. The van der Waals surface area contributed by atoms with Gasteiger partial charge in [0, 0.05) is 16.8 Å². The molecule has 2 rings (SSSR count). The van der Waals surface area contributed by atoms with E-state index in [9.17, 15) is 0 Å². The summed E-state index contributed by atoms with van der Waals surface area (Å²) >= 11 is 7.72. The van der Waals surface area contributed by atoms with Gasteiger partial charge in [0.2, 0.25) is 0 Å². The fourth-order valence-electron chi connectivity index (χ4n) is 2.39. The third-order valence-corrected chi connectivity index (χ3v) is 5.11. The summed E-state index contributed by atoms with van der Waals surface area (Å²) in [5, 5.41) is 2.83. The average molecular weight is 273 g/mol. The minimum atomic E-state index is 0.351. The second kappa shape index (κ2) is 5.27. The number of rotatable bonds is 3. The van der Waals surface area contributed by atoms with E-state index in [1.54, 1.807) is 11.3 Å². The molecule has 0 aromatic carbocycles. The molecule has 1 atom stereocenters. The van der Waals surface area contributed by atoms with Gasteiger partial charge in [-0.15, -0.1) is 11.3 Å². The standard InChI is InChI=1S/C13H21ClN2S/c1-13(2)3-5-16(6-4-13)11(8-15)12-7-10(14)9-17-12/h7,9,11H,3-6,8,15H2,1-2H3. The molecule has 1 unspecified atom stereocenters. The number of hydrogen-bond acceptors (Lipinski definition) is 3. The summed E-state index contributed by atoms with van der Waals surface area (Å²) in [5.41, 5.74) is 6.42. The van der Waals surface area contributed by atoms with E-state index >= 15 is 0 Å². The topological polar surface area (TPSA) is 29.3 Å². The molecule has 0 bridgehead atoms. The Kier molecular flexibility index (Phi) is 4.14. The van der Waals surface area contributed by atoms with E-state index in [0.29, 0.717) is 18.0 Å². The highest BCUT2D eigenvalue weighted by Gasteiger charge is 2.29. The van der Waals surface area contributed by atoms with Gasteiger partial charge in [-0.25, -0.2) is 0 Å². The average Bonchev–Trinajstić information content (AvgIpc) is 2.68. The zero-order valence-corrected chi connectivity index (χ0v) is 12.2. The number of piperidine rings is 1. The largest absolute Gasteiger partial charge is 0.329 e. The summed E-state index contributed by atoms with van der Waals surface area (Å²) in [6.45, 7) is 7.67. The molecule has 96 valence electrons. The summed E-state index contributed by atoms with van der Waals surface area (Å²) in [7, 11) is 0. The summed E-state index contributed by atoms with van der Waals surface area (Å²) < 4.78 is 0. The van der Waals surface area contributed by atoms with Crippen LogP contribution in [0.4, 0.5) is 0 Å². The predicted octanol–water partition coefficient (Wildman–Crippen LogP) is 3.52. The maximum Gasteiger partial charge on any atom is 0.0564 e. The van der Waals surface area contributed by atoms with Crippen LogP contribution in [0.25, 0.3) is 0 Å². The van der Waals surface area contributed by atoms with Crippen LogP contribution in [-0.4, -0.2) is 24.5 Å². The number of nitrogens with two attached hydrogens (primary N) is 1. The maximum absolute atomic E-state index is 6.00. The molecule has 0 spiro atoms. The number of likely N-dealkylation sites (tertiary alicyclic amines) is 1. The third-order valence-electron chi connectivity index (χ3n) is 3.73. The Morgan fingerprint density at radius 3 is 2.59 bits per heavy atom. The summed E-state index contributed by atoms with van der Waals surface area (Å²) in [5.74, 6) is 0. The fraction of sp³-hybridized carbons (Fsp3) is 0.692. The van der Waals surface area contributed by atoms with Gasteiger partial charge >= 0.3 is 0 Å². The highest BCUT2D eigenvalue weighted by atomic mass is 35.5. The van der Waals surface area contributed by atoms with Crippen LogP contribution < -0.4 is 5.73 Å². The molecule has 1 fully saturated rings. The Morgan fingerprint density at radius 2 is 2.12 bits per heavy atom. The van der Waals surface area contributed by atoms with Crippen molar-refractivity contribution in [3.63, 3.8) is 0 Å². The Labute approximate surface area is 113 Å². The molecule has 0 saturated carbocycles. The van der Waals surface area contributed by atoms with E-state index in [0.717, 1.165) is 18.1 Å². The molecule has 2 nitrogen and oxygen atoms in total. The predicted molar refractivity (Wildman–Crippen MR) is 75.7 cm³/mol. The van der Waals surface area contributed by atoms with Crippen LogP contribution in [0, 0.1) is 5.41 Å². The van der Waals surface area contributed by atoms with Crippen molar-refractivity contribution in [1.29, 1.82) is 0 Å². The van der Waals surface area contributed by atoms with Gasteiger partial charge < -0.3 is 5.73 Å². The lowest BCUT2D eigenvalue weighted by atomic mass is 9.82. The molecule has 1 saturated heterocycles. The van der Waals surface area contributed by atoms with E-state index in [2.05, 4.69) is 24.8 Å². The lowest BCUT2D eigenvalue weighted by Gasteiger charge is -2.40. The Bertz CT molecular complexity index is 365. The van der Waals surface area contributed by atoms with Crippen LogP contribution >= 0.6 is 22.9 Å². The second-order valence-corrected chi connectivity index (χ2v) is 7.00. The van der Waals surface area contributed by atoms with E-state index in [1.165, 1.54) is 17.7 Å². The Morgan fingerprint density at radius 1 is 1.47 bits per heavy atom. The first-order valence-electron chi connectivity index (χ1n) is 6.20. The summed E-state index contributed by atoms with van der Waals surface area (Å²) in [6, 6.07) is 2.41. The number of halogens is 1. The van der Waals surface area contributed by atoms with Gasteiger partial charge in [-0.1, -0.05) is 25.4 Å². The SMILES string of the molecule is CC1(C)CCN(C(CN)c2cc(Cl)cs2)CC1. The van der Waals surface area contributed by atoms with Crippen LogP contribution in [0.5, 0.6) is 0 Å². The monoisotopic (exact) mass is 272 g/mol. The first-order chi connectivity index (χ1) is 8.02. The molecule has 0 amide bonds. The normalized spacial score (nSPS) is 22.6. The van der Waals surface area contributed by atoms with Gasteiger partial charge in [0.15, 0.2) is 0 Å². The second-order valence-electron chi connectivity index (χ2n) is 5.62. The minimum Gasteiger partial charge on any atom is -0.329 e. The summed E-state index contributed by atoms with van der Waals surface area (Å²) in [4.78, 5) is 3.81. The van der Waals surface area contributed by atoms with Crippen LogP contribution in [0.2, 0.25) is 5.02 Å². The van der Waals surface area contributed by atoms with Crippen molar-refractivity contribution in [3.8, 4) is 0 Å². The molecule has 2 heterocycles. The van der Waals surface area contributed by atoms with Gasteiger partial charge in [0.05, 0.1) is 11.1 Å². The molecule has 17 heavy (non-hydrogen) atoms. The number of thiophene rings is 1. The maximum atomic E-state index is 6.00. The van der Waals surface area contributed by atoms with Crippen molar-refractivity contribution >= 4 is 22.9 Å². The molecular formula is C13H21ClN2S. The zero-order chi connectivity index (χ0) is 12.5. The van der Waals surface area contributed by atoms with Crippen molar-refractivity contribution in [2.75, 3.05) is 19.6 Å². The molecule has 1 aliphatic heterocycles. The van der Waals surface area contributed by atoms with Gasteiger partial charge in [-0.05, 0) is 37.4 Å². The zero-order valence-electron chi connectivity index (χ0n) is 10.6. The van der Waals surface area contributed by atoms with Crippen molar-refractivity contribution in [1.82, 2.24) is 4.90 Å². The quantitative estimate of drug-likeness (QED) is 0.912. The van der Waals surface area contributed by atoms with Crippen LogP contribution in [0.3, 0.4) is 0 Å². The first-order valence-corrected chi connectivity index (χ1v) is 7.46. The summed E-state index contributed by atoms with van der Waals surface area (Å²) in [6.07, 6.45) is 2.51. The molecule has 4 heteroatoms. The van der Waals surface area contributed by atoms with Gasteiger partial charge in [-0.2, -0.15) is 0 Å². The molecule has 1 aromatic rings. The smallest absolute Gasteiger partial charge is 0.0564 e. The third kappa shape index (κ3) is 3.22. The highest BCUT2D eigenvalue weighted by Crippen LogP contribution is 2.35. The minimum absolute atomic E-state index is 0.351. The Hall–Kier alpha value is -0.0900. The van der Waals surface area contributed by atoms with Crippen molar-refractivity contribution in [2.24, 2.45) is 11.1 Å². The molecule has 1 aromatic heterocycles. The van der Waals surface area contributed by atoms with Crippen molar-refractivity contribution < 1.29 is 0 Å². The van der Waals surface area contributed by atoms with Crippen LogP contribution in [0.15, 0.2) is 11.4 Å². The van der Waals surface area contributed by atoms with Gasteiger partial charge in [-0.3, -0.25) is 4.90 Å². The number of nitrogens with zero attached hydrogens (tertiary/aromatic N) is 1. The molecule has 0 radical (unpaired) electrons. The first kappa shape index (κ1) is 13.3. The van der Waals surface area contributed by atoms with Crippen molar-refractivity contribution in [3.05, 3.63) is 21.3 Å². The molecular weight excluding hydrogens is 252 g/mol. The van der Waals surface area contributed by atoms with Crippen LogP contribution in [-0.2, 0) is 0 Å². The highest BCUT2D eigenvalue weighted by molar-refractivity contribution is 7.10. The van der Waals surface area contributed by atoms with E-state index in [-0.39, 0.29) is 0 Å².